The van der Waals surface area contributed by atoms with Crippen LogP contribution in [-0.4, -0.2) is 29.9 Å². The van der Waals surface area contributed by atoms with E-state index >= 15 is 0 Å². The molecule has 1 fully saturated rings. The Morgan fingerprint density at radius 3 is 2.88 bits per heavy atom. The minimum absolute atomic E-state index is 0.0171. The van der Waals surface area contributed by atoms with Crippen LogP contribution < -0.4 is 5.73 Å². The molecule has 1 aromatic heterocycles. The topological polar surface area (TPSA) is 59.5 Å². The zero-order valence-corrected chi connectivity index (χ0v) is 9.77. The Kier molecular flexibility index (Phi) is 3.01. The fourth-order valence-electron chi connectivity index (χ4n) is 2.29. The third-order valence-electron chi connectivity index (χ3n) is 3.21. The van der Waals surface area contributed by atoms with Crippen LogP contribution in [0.2, 0.25) is 0 Å². The molecule has 2 atom stereocenters. The third kappa shape index (κ3) is 1.97. The first-order valence-electron chi connectivity index (χ1n) is 5.69. The molecule has 1 aromatic rings. The van der Waals surface area contributed by atoms with Crippen LogP contribution in [0.25, 0.3) is 0 Å². The molecule has 0 saturated carbocycles. The van der Waals surface area contributed by atoms with Gasteiger partial charge in [-0.05, 0) is 44.9 Å². The molecular weight excluding hydrogens is 204 g/mol. The summed E-state index contributed by atoms with van der Waals surface area (Å²) in [6, 6.07) is 3.81. The number of rotatable bonds is 2. The lowest BCUT2D eigenvalue weighted by Crippen LogP contribution is -2.34. The van der Waals surface area contributed by atoms with Gasteiger partial charge in [-0.1, -0.05) is 0 Å². The highest BCUT2D eigenvalue weighted by Crippen LogP contribution is 2.24. The lowest BCUT2D eigenvalue weighted by atomic mass is 10.1. The van der Waals surface area contributed by atoms with Crippen LogP contribution in [0.5, 0.6) is 0 Å². The number of carbonyl (C=O) groups excluding carboxylic acids is 1. The highest BCUT2D eigenvalue weighted by molar-refractivity contribution is 5.92. The molecule has 2 unspecified atom stereocenters. The molecule has 0 spiro atoms. The van der Waals surface area contributed by atoms with E-state index in [2.05, 4.69) is 6.92 Å². The first kappa shape index (κ1) is 11.2. The average molecular weight is 222 g/mol. The van der Waals surface area contributed by atoms with Crippen LogP contribution in [0.1, 0.15) is 29.7 Å². The van der Waals surface area contributed by atoms with E-state index in [0.29, 0.717) is 18.2 Å². The standard InChI is InChI=1S/C12H18N2O2/c1-8-5-10(6-13)7-14(8)12(15)11-4-3-9(2)16-11/h3-4,8,10H,5-7,13H2,1-2H3. The Morgan fingerprint density at radius 1 is 1.62 bits per heavy atom. The molecule has 88 valence electrons. The number of hydrogen-bond acceptors (Lipinski definition) is 3. The molecule has 0 radical (unpaired) electrons. The van der Waals surface area contributed by atoms with Crippen molar-refractivity contribution in [3.63, 3.8) is 0 Å². The van der Waals surface area contributed by atoms with Crippen molar-refractivity contribution in [3.05, 3.63) is 23.7 Å². The van der Waals surface area contributed by atoms with Gasteiger partial charge in [0.1, 0.15) is 5.76 Å². The van der Waals surface area contributed by atoms with Crippen molar-refractivity contribution in [1.29, 1.82) is 0 Å². The first-order chi connectivity index (χ1) is 7.61. The first-order valence-corrected chi connectivity index (χ1v) is 5.69. The van der Waals surface area contributed by atoms with Gasteiger partial charge in [-0.3, -0.25) is 4.79 Å². The number of furan rings is 1. The summed E-state index contributed by atoms with van der Waals surface area (Å²) in [5.41, 5.74) is 5.64. The zero-order chi connectivity index (χ0) is 11.7. The third-order valence-corrected chi connectivity index (χ3v) is 3.21. The molecule has 16 heavy (non-hydrogen) atoms. The van der Waals surface area contributed by atoms with Crippen molar-refractivity contribution in [3.8, 4) is 0 Å². The van der Waals surface area contributed by atoms with Gasteiger partial charge in [0.15, 0.2) is 5.76 Å². The van der Waals surface area contributed by atoms with Gasteiger partial charge in [0.2, 0.25) is 0 Å². The number of carbonyl (C=O) groups is 1. The highest BCUT2D eigenvalue weighted by Gasteiger charge is 2.33. The smallest absolute Gasteiger partial charge is 0.289 e. The Morgan fingerprint density at radius 2 is 2.38 bits per heavy atom. The average Bonchev–Trinajstić information content (AvgIpc) is 2.83. The van der Waals surface area contributed by atoms with E-state index in [9.17, 15) is 4.79 Å². The van der Waals surface area contributed by atoms with Crippen LogP contribution in [0.3, 0.4) is 0 Å². The van der Waals surface area contributed by atoms with Crippen LogP contribution in [0.4, 0.5) is 0 Å². The van der Waals surface area contributed by atoms with E-state index in [1.54, 1.807) is 6.07 Å². The molecule has 0 aliphatic carbocycles. The van der Waals surface area contributed by atoms with Gasteiger partial charge >= 0.3 is 0 Å². The number of hydrogen-bond donors (Lipinski definition) is 1. The SMILES string of the molecule is Cc1ccc(C(=O)N2CC(CN)CC2C)o1. The zero-order valence-electron chi connectivity index (χ0n) is 9.77. The van der Waals surface area contributed by atoms with E-state index in [-0.39, 0.29) is 11.9 Å². The van der Waals surface area contributed by atoms with Gasteiger partial charge in [-0.15, -0.1) is 0 Å². The summed E-state index contributed by atoms with van der Waals surface area (Å²) in [6.07, 6.45) is 0.988. The van der Waals surface area contributed by atoms with E-state index < -0.39 is 0 Å². The molecule has 1 amide bonds. The summed E-state index contributed by atoms with van der Waals surface area (Å²) in [5, 5.41) is 0. The number of aryl methyl sites for hydroxylation is 1. The van der Waals surface area contributed by atoms with E-state index in [4.69, 9.17) is 10.2 Å². The van der Waals surface area contributed by atoms with Crippen LogP contribution in [0, 0.1) is 12.8 Å². The molecule has 4 nitrogen and oxygen atoms in total. The van der Waals surface area contributed by atoms with Gasteiger partial charge in [0.25, 0.3) is 5.91 Å². The van der Waals surface area contributed by atoms with Crippen molar-refractivity contribution >= 4 is 5.91 Å². The Labute approximate surface area is 95.4 Å². The fourth-order valence-corrected chi connectivity index (χ4v) is 2.29. The predicted octanol–water partition coefficient (Wildman–Crippen LogP) is 1.40. The fraction of sp³-hybridized carbons (Fsp3) is 0.583. The quantitative estimate of drug-likeness (QED) is 0.822. The molecule has 4 heteroatoms. The molecule has 2 rings (SSSR count). The number of nitrogens with zero attached hydrogens (tertiary/aromatic N) is 1. The maximum absolute atomic E-state index is 12.1. The summed E-state index contributed by atoms with van der Waals surface area (Å²) in [4.78, 5) is 14.0. The van der Waals surface area contributed by atoms with Crippen LogP contribution in [-0.2, 0) is 0 Å². The number of nitrogens with two attached hydrogens (primary N) is 1. The van der Waals surface area contributed by atoms with Crippen LogP contribution in [0.15, 0.2) is 16.5 Å². The summed E-state index contributed by atoms with van der Waals surface area (Å²) < 4.78 is 5.35. The molecule has 1 aliphatic rings. The van der Waals surface area contributed by atoms with Gasteiger partial charge in [0.05, 0.1) is 0 Å². The second-order valence-electron chi connectivity index (χ2n) is 4.55. The lowest BCUT2D eigenvalue weighted by Gasteiger charge is -2.19. The van der Waals surface area contributed by atoms with E-state index in [0.717, 1.165) is 18.7 Å². The Hall–Kier alpha value is -1.29. The lowest BCUT2D eigenvalue weighted by molar-refractivity contribution is 0.0710. The van der Waals surface area contributed by atoms with Crippen molar-refractivity contribution in [2.45, 2.75) is 26.3 Å². The van der Waals surface area contributed by atoms with Crippen molar-refractivity contribution < 1.29 is 9.21 Å². The summed E-state index contributed by atoms with van der Waals surface area (Å²) in [6.45, 7) is 5.29. The Bertz CT molecular complexity index is 386. The normalized spacial score (nSPS) is 25.1. The maximum Gasteiger partial charge on any atom is 0.289 e. The number of likely N-dealkylation sites (tertiary alicyclic amines) is 1. The predicted molar refractivity (Wildman–Crippen MR) is 61.1 cm³/mol. The molecule has 0 bridgehead atoms. The summed E-state index contributed by atoms with van der Waals surface area (Å²) in [5.74, 6) is 1.61. The highest BCUT2D eigenvalue weighted by atomic mass is 16.3. The second kappa shape index (κ2) is 4.29. The number of amides is 1. The Balaban J connectivity index is 2.11. The molecule has 1 saturated heterocycles. The molecule has 2 heterocycles. The largest absolute Gasteiger partial charge is 0.456 e. The van der Waals surface area contributed by atoms with Crippen molar-refractivity contribution in [2.75, 3.05) is 13.1 Å². The monoisotopic (exact) mass is 222 g/mol. The molecular formula is C12H18N2O2. The molecule has 1 aliphatic heterocycles. The molecule has 2 N–H and O–H groups in total. The maximum atomic E-state index is 12.1. The van der Waals surface area contributed by atoms with Gasteiger partial charge in [-0.2, -0.15) is 0 Å². The van der Waals surface area contributed by atoms with Gasteiger partial charge in [-0.25, -0.2) is 0 Å². The minimum atomic E-state index is -0.0171. The van der Waals surface area contributed by atoms with Crippen LogP contribution >= 0.6 is 0 Å². The minimum Gasteiger partial charge on any atom is -0.456 e. The van der Waals surface area contributed by atoms with Gasteiger partial charge < -0.3 is 15.1 Å². The van der Waals surface area contributed by atoms with Crippen molar-refractivity contribution in [2.24, 2.45) is 11.7 Å². The molecule has 0 aromatic carbocycles. The second-order valence-corrected chi connectivity index (χ2v) is 4.55. The van der Waals surface area contributed by atoms with Gasteiger partial charge in [0, 0.05) is 12.6 Å². The van der Waals surface area contributed by atoms with E-state index in [1.165, 1.54) is 0 Å². The summed E-state index contributed by atoms with van der Waals surface area (Å²) in [7, 11) is 0. The van der Waals surface area contributed by atoms with E-state index in [1.807, 2.05) is 17.9 Å². The summed E-state index contributed by atoms with van der Waals surface area (Å²) >= 11 is 0. The van der Waals surface area contributed by atoms with Crippen molar-refractivity contribution in [1.82, 2.24) is 4.90 Å².